The normalized spacial score (nSPS) is 20.1. The zero-order valence-electron chi connectivity index (χ0n) is 16.1. The van der Waals surface area contributed by atoms with Crippen molar-refractivity contribution in [1.29, 1.82) is 0 Å². The number of nitrogens with one attached hydrogen (secondary N) is 4. The van der Waals surface area contributed by atoms with Crippen LogP contribution in [0.15, 0.2) is 24.3 Å². The molecule has 0 unspecified atom stereocenters. The highest BCUT2D eigenvalue weighted by Crippen LogP contribution is 2.25. The van der Waals surface area contributed by atoms with E-state index in [1.165, 1.54) is 4.90 Å². The monoisotopic (exact) mass is 406 g/mol. The number of carbonyl (C=O) groups excluding carboxylic acids is 2. The highest BCUT2D eigenvalue weighted by atomic mass is 32.1. The summed E-state index contributed by atoms with van der Waals surface area (Å²) in [5.41, 5.74) is 7.30. The molecule has 2 fully saturated rings. The van der Waals surface area contributed by atoms with Crippen molar-refractivity contribution >= 4 is 34.8 Å². The number of amides is 2. The molecule has 3 rings (SSSR count). The summed E-state index contributed by atoms with van der Waals surface area (Å²) in [7, 11) is 0. The van der Waals surface area contributed by atoms with Crippen LogP contribution < -0.4 is 26.0 Å². The second-order valence-corrected chi connectivity index (χ2v) is 7.63. The van der Waals surface area contributed by atoms with E-state index in [4.69, 9.17) is 17.0 Å². The van der Waals surface area contributed by atoms with Gasteiger partial charge in [-0.05, 0) is 31.3 Å². The smallest absolute Gasteiger partial charge is 0.243 e. The highest BCUT2D eigenvalue weighted by molar-refractivity contribution is 7.80. The minimum absolute atomic E-state index is 0.0433. The Morgan fingerprint density at radius 2 is 1.96 bits per heavy atom. The van der Waals surface area contributed by atoms with Gasteiger partial charge < -0.3 is 19.9 Å². The average Bonchev–Trinajstić information content (AvgIpc) is 3.09. The van der Waals surface area contributed by atoms with Gasteiger partial charge in [0, 0.05) is 18.7 Å². The van der Waals surface area contributed by atoms with Crippen LogP contribution in [0.3, 0.4) is 0 Å². The van der Waals surface area contributed by atoms with Gasteiger partial charge in [0.05, 0.1) is 32.2 Å². The van der Waals surface area contributed by atoms with Gasteiger partial charge in [-0.25, -0.2) is 0 Å². The van der Waals surface area contributed by atoms with Crippen LogP contribution in [-0.2, 0) is 14.3 Å². The van der Waals surface area contributed by atoms with Crippen molar-refractivity contribution in [2.24, 2.45) is 5.92 Å². The van der Waals surface area contributed by atoms with E-state index in [1.807, 2.05) is 31.2 Å². The number of ether oxygens (including phenoxy) is 1. The van der Waals surface area contributed by atoms with E-state index in [-0.39, 0.29) is 18.2 Å². The third kappa shape index (κ3) is 5.63. The van der Waals surface area contributed by atoms with Crippen molar-refractivity contribution in [2.75, 3.05) is 50.8 Å². The second kappa shape index (κ2) is 9.81. The Hall–Kier alpha value is -2.23. The van der Waals surface area contributed by atoms with E-state index in [0.29, 0.717) is 11.7 Å². The first-order chi connectivity index (χ1) is 13.5. The number of quaternary nitrogens is 1. The number of hydrogen-bond donors (Lipinski definition) is 4. The summed E-state index contributed by atoms with van der Waals surface area (Å²) in [6.07, 6.45) is 0.196. The Labute approximate surface area is 170 Å². The van der Waals surface area contributed by atoms with Gasteiger partial charge >= 0.3 is 0 Å². The van der Waals surface area contributed by atoms with E-state index in [1.54, 1.807) is 4.90 Å². The van der Waals surface area contributed by atoms with Gasteiger partial charge in [0.2, 0.25) is 11.8 Å². The molecule has 2 aliphatic rings. The molecule has 0 bridgehead atoms. The van der Waals surface area contributed by atoms with Crippen LogP contribution >= 0.6 is 12.2 Å². The fourth-order valence-electron chi connectivity index (χ4n) is 3.38. The lowest BCUT2D eigenvalue weighted by Gasteiger charge is -2.24. The number of hydrogen-bond acceptors (Lipinski definition) is 4. The van der Waals surface area contributed by atoms with Crippen molar-refractivity contribution in [3.8, 4) is 0 Å². The standard InChI is InChI=1S/C19H27N5O3S/c1-14-2-4-16(5-3-14)24-13-15(12-17(24)25)18(26)21-22-19(28)20-6-7-23-8-10-27-11-9-23/h2-5,15H,6-13H2,1H3,(H,21,26)(H2,20,22,28)/p+1/t15-/m1/s1. The predicted molar refractivity (Wildman–Crippen MR) is 110 cm³/mol. The van der Waals surface area contributed by atoms with Crippen molar-refractivity contribution in [3.63, 3.8) is 0 Å². The van der Waals surface area contributed by atoms with Crippen molar-refractivity contribution in [1.82, 2.24) is 16.2 Å². The van der Waals surface area contributed by atoms with Crippen LogP contribution in [-0.4, -0.2) is 62.9 Å². The molecule has 2 amide bonds. The van der Waals surface area contributed by atoms with Crippen LogP contribution in [0, 0.1) is 12.8 Å². The maximum atomic E-state index is 12.4. The lowest BCUT2D eigenvalue weighted by atomic mass is 10.1. The zero-order valence-corrected chi connectivity index (χ0v) is 16.9. The number of thiocarbonyl (C=S) groups is 1. The molecule has 28 heavy (non-hydrogen) atoms. The summed E-state index contributed by atoms with van der Waals surface area (Å²) in [6, 6.07) is 7.73. The van der Waals surface area contributed by atoms with Crippen LogP contribution in [0.25, 0.3) is 0 Å². The summed E-state index contributed by atoms with van der Waals surface area (Å²) < 4.78 is 5.33. The van der Waals surface area contributed by atoms with E-state index in [2.05, 4.69) is 16.2 Å². The fourth-order valence-corrected chi connectivity index (χ4v) is 3.54. The molecular formula is C19H28N5O3S+. The van der Waals surface area contributed by atoms with E-state index in [9.17, 15) is 9.59 Å². The van der Waals surface area contributed by atoms with Gasteiger partial charge in [0.1, 0.15) is 13.1 Å². The molecule has 4 N–H and O–H groups in total. The lowest BCUT2D eigenvalue weighted by molar-refractivity contribution is -0.906. The molecule has 0 radical (unpaired) electrons. The second-order valence-electron chi connectivity index (χ2n) is 7.22. The number of morpholine rings is 1. The van der Waals surface area contributed by atoms with Gasteiger partial charge in [-0.15, -0.1) is 0 Å². The van der Waals surface area contributed by atoms with Crippen LogP contribution in [0.1, 0.15) is 12.0 Å². The number of anilines is 1. The Morgan fingerprint density at radius 1 is 1.25 bits per heavy atom. The molecule has 1 atom stereocenters. The van der Waals surface area contributed by atoms with Crippen molar-refractivity contribution < 1.29 is 19.2 Å². The Bertz CT molecular complexity index is 706. The molecule has 152 valence electrons. The third-order valence-corrected chi connectivity index (χ3v) is 5.35. The SMILES string of the molecule is Cc1ccc(N2C[C@H](C(=O)NNC(=S)NCC[NH+]3CCOCC3)CC2=O)cc1. The maximum Gasteiger partial charge on any atom is 0.243 e. The Kier molecular flexibility index (Phi) is 7.18. The molecule has 1 aromatic rings. The topological polar surface area (TPSA) is 87.1 Å². The molecule has 2 heterocycles. The van der Waals surface area contributed by atoms with E-state index in [0.717, 1.165) is 50.6 Å². The molecule has 9 heteroatoms. The maximum absolute atomic E-state index is 12.4. The molecule has 0 aromatic heterocycles. The van der Waals surface area contributed by atoms with Crippen LogP contribution in [0.5, 0.6) is 0 Å². The zero-order chi connectivity index (χ0) is 19.9. The molecule has 0 spiro atoms. The quantitative estimate of drug-likeness (QED) is 0.362. The molecule has 8 nitrogen and oxygen atoms in total. The number of nitrogens with zero attached hydrogens (tertiary/aromatic N) is 1. The predicted octanol–water partition coefficient (Wildman–Crippen LogP) is -1.24. The van der Waals surface area contributed by atoms with Crippen molar-refractivity contribution in [3.05, 3.63) is 29.8 Å². The van der Waals surface area contributed by atoms with Crippen molar-refractivity contribution in [2.45, 2.75) is 13.3 Å². The van der Waals surface area contributed by atoms with Gasteiger partial charge in [-0.2, -0.15) is 0 Å². The lowest BCUT2D eigenvalue weighted by Crippen LogP contribution is -3.14. The number of carbonyl (C=O) groups is 2. The highest BCUT2D eigenvalue weighted by Gasteiger charge is 2.35. The summed E-state index contributed by atoms with van der Waals surface area (Å²) in [4.78, 5) is 27.8. The summed E-state index contributed by atoms with van der Waals surface area (Å²) in [5, 5.41) is 3.47. The first-order valence-corrected chi connectivity index (χ1v) is 10.1. The molecule has 0 saturated carbocycles. The number of rotatable bonds is 5. The van der Waals surface area contributed by atoms with Crippen LogP contribution in [0.4, 0.5) is 5.69 Å². The van der Waals surface area contributed by atoms with Gasteiger partial charge in [0.15, 0.2) is 5.11 Å². The van der Waals surface area contributed by atoms with Gasteiger partial charge in [-0.1, -0.05) is 17.7 Å². The minimum Gasteiger partial charge on any atom is -0.370 e. The number of benzene rings is 1. The largest absolute Gasteiger partial charge is 0.370 e. The Morgan fingerprint density at radius 3 is 2.68 bits per heavy atom. The molecule has 0 aliphatic carbocycles. The molecular weight excluding hydrogens is 378 g/mol. The summed E-state index contributed by atoms with van der Waals surface area (Å²) in [5.74, 6) is -0.675. The van der Waals surface area contributed by atoms with E-state index < -0.39 is 5.92 Å². The number of aryl methyl sites for hydroxylation is 1. The van der Waals surface area contributed by atoms with Gasteiger partial charge in [0.25, 0.3) is 0 Å². The van der Waals surface area contributed by atoms with Crippen LogP contribution in [0.2, 0.25) is 0 Å². The third-order valence-electron chi connectivity index (χ3n) is 5.10. The first-order valence-electron chi connectivity index (χ1n) is 9.65. The number of hydrazine groups is 1. The van der Waals surface area contributed by atoms with E-state index >= 15 is 0 Å². The first kappa shape index (κ1) is 20.5. The fraction of sp³-hybridized carbons (Fsp3) is 0.526. The summed E-state index contributed by atoms with van der Waals surface area (Å²) >= 11 is 5.20. The minimum atomic E-state index is -0.401. The average molecular weight is 407 g/mol. The Balaban J connectivity index is 1.38. The molecule has 2 saturated heterocycles. The summed E-state index contributed by atoms with van der Waals surface area (Å²) in [6.45, 7) is 7.65. The van der Waals surface area contributed by atoms with Gasteiger partial charge in [-0.3, -0.25) is 20.4 Å². The molecule has 2 aliphatic heterocycles. The molecule has 1 aromatic carbocycles.